The van der Waals surface area contributed by atoms with Crippen LogP contribution in [0.4, 0.5) is 5.82 Å². The first-order valence-electron chi connectivity index (χ1n) is 4.76. The number of nitrogens with zero attached hydrogens (tertiary/aromatic N) is 1. The Morgan fingerprint density at radius 1 is 1.44 bits per heavy atom. The summed E-state index contributed by atoms with van der Waals surface area (Å²) < 4.78 is 0. The summed E-state index contributed by atoms with van der Waals surface area (Å²) in [5.41, 5.74) is 0.389. The molecule has 18 heavy (non-hydrogen) atoms. The molecular weight excluding hydrogens is 283 g/mol. The van der Waals surface area contributed by atoms with Gasteiger partial charge < -0.3 is 15.2 Å². The average Bonchev–Trinajstić information content (AvgIpc) is 2.55. The maximum Gasteiger partial charge on any atom is 0.325 e. The van der Waals surface area contributed by atoms with Crippen LogP contribution in [0.5, 0.6) is 0 Å². The molecule has 6 nitrogen and oxygen atoms in total. The smallest absolute Gasteiger partial charge is 0.325 e. The highest BCUT2D eigenvalue weighted by molar-refractivity contribution is 6.39. The first kappa shape index (κ1) is 12.7. The van der Waals surface area contributed by atoms with E-state index < -0.39 is 17.3 Å². The number of aromatic nitrogens is 1. The molecule has 8 heteroatoms. The van der Waals surface area contributed by atoms with E-state index in [4.69, 9.17) is 28.3 Å². The highest BCUT2D eigenvalue weighted by atomic mass is 35.5. The number of rotatable bonds is 3. The lowest BCUT2D eigenvalue weighted by Crippen LogP contribution is -2.02. The van der Waals surface area contributed by atoms with Gasteiger partial charge in [0, 0.05) is 11.1 Å². The fourth-order valence-electron chi connectivity index (χ4n) is 1.78. The Hall–Kier alpha value is -1.79. The van der Waals surface area contributed by atoms with Crippen LogP contribution in [0.1, 0.15) is 5.56 Å². The largest absolute Gasteiger partial charge is 0.481 e. The van der Waals surface area contributed by atoms with Gasteiger partial charge in [0.2, 0.25) is 0 Å². The number of hydrogen-bond donors (Lipinski definition) is 2. The van der Waals surface area contributed by atoms with E-state index in [9.17, 15) is 14.9 Å². The molecule has 0 aliphatic heterocycles. The van der Waals surface area contributed by atoms with Crippen molar-refractivity contribution in [1.29, 1.82) is 0 Å². The fourth-order valence-corrected chi connectivity index (χ4v) is 2.39. The number of aromatic amines is 1. The van der Waals surface area contributed by atoms with E-state index in [-0.39, 0.29) is 16.4 Å². The minimum absolute atomic E-state index is 0.0455. The van der Waals surface area contributed by atoms with Crippen LogP contribution in [-0.2, 0) is 11.2 Å². The van der Waals surface area contributed by atoms with Gasteiger partial charge in [-0.2, -0.15) is 0 Å². The molecule has 0 bridgehead atoms. The van der Waals surface area contributed by atoms with Crippen molar-refractivity contribution in [3.8, 4) is 0 Å². The number of benzene rings is 1. The number of nitrogens with one attached hydrogen (secondary N) is 1. The van der Waals surface area contributed by atoms with E-state index in [0.717, 1.165) is 0 Å². The Morgan fingerprint density at radius 3 is 2.67 bits per heavy atom. The zero-order chi connectivity index (χ0) is 13.4. The molecule has 0 saturated heterocycles. The van der Waals surface area contributed by atoms with Crippen molar-refractivity contribution in [3.05, 3.63) is 37.9 Å². The van der Waals surface area contributed by atoms with Crippen LogP contribution in [0.3, 0.4) is 0 Å². The number of halogens is 2. The Bertz CT molecular complexity index is 665. The van der Waals surface area contributed by atoms with Gasteiger partial charge in [-0.1, -0.05) is 23.2 Å². The van der Waals surface area contributed by atoms with Gasteiger partial charge in [-0.05, 0) is 11.0 Å². The zero-order valence-corrected chi connectivity index (χ0v) is 10.2. The lowest BCUT2D eigenvalue weighted by atomic mass is 10.1. The molecule has 2 N–H and O–H groups in total. The molecule has 94 valence electrons. The van der Waals surface area contributed by atoms with Gasteiger partial charge in [0.25, 0.3) is 0 Å². The minimum Gasteiger partial charge on any atom is -0.481 e. The van der Waals surface area contributed by atoms with Gasteiger partial charge in [-0.15, -0.1) is 0 Å². The van der Waals surface area contributed by atoms with Crippen molar-refractivity contribution in [2.24, 2.45) is 0 Å². The van der Waals surface area contributed by atoms with Gasteiger partial charge in [-0.25, -0.2) is 4.98 Å². The first-order valence-corrected chi connectivity index (χ1v) is 5.51. The standard InChI is InChI=1S/C10H6Cl2N2O4/c11-4-1-6(12)9-5(3-8(15)16)10(14(17)18)13-7(9)2-4/h1-2,13H,3H2,(H,15,16). The number of carboxylic acid groups (broad SMARTS) is 1. The number of aliphatic carboxylic acids is 1. The summed E-state index contributed by atoms with van der Waals surface area (Å²) in [4.78, 5) is 23.5. The highest BCUT2D eigenvalue weighted by Gasteiger charge is 2.24. The second-order valence-corrected chi connectivity index (χ2v) is 4.43. The summed E-state index contributed by atoms with van der Waals surface area (Å²) in [6, 6.07) is 2.87. The van der Waals surface area contributed by atoms with E-state index in [1.807, 2.05) is 0 Å². The van der Waals surface area contributed by atoms with E-state index in [0.29, 0.717) is 15.9 Å². The number of nitro groups is 1. The molecule has 0 aliphatic rings. The topological polar surface area (TPSA) is 96.2 Å². The van der Waals surface area contributed by atoms with Crippen molar-refractivity contribution < 1.29 is 14.8 Å². The molecule has 1 aromatic heterocycles. The van der Waals surface area contributed by atoms with Gasteiger partial charge in [0.15, 0.2) is 0 Å². The third-order valence-corrected chi connectivity index (χ3v) is 2.92. The molecule has 0 unspecified atom stereocenters. The van der Waals surface area contributed by atoms with E-state index in [2.05, 4.69) is 4.98 Å². The van der Waals surface area contributed by atoms with E-state index in [1.165, 1.54) is 12.1 Å². The Labute approximate surface area is 110 Å². The van der Waals surface area contributed by atoms with Gasteiger partial charge in [0.05, 0.1) is 22.4 Å². The van der Waals surface area contributed by atoms with Crippen molar-refractivity contribution in [2.75, 3.05) is 0 Å². The van der Waals surface area contributed by atoms with Crippen LogP contribution >= 0.6 is 23.2 Å². The van der Waals surface area contributed by atoms with Crippen LogP contribution in [0, 0.1) is 10.1 Å². The number of fused-ring (bicyclic) bond motifs is 1. The Kier molecular flexibility index (Phi) is 3.14. The summed E-state index contributed by atoms with van der Waals surface area (Å²) >= 11 is 11.7. The predicted octanol–water partition coefficient (Wildman–Crippen LogP) is 3.01. The van der Waals surface area contributed by atoms with Gasteiger partial charge in [-0.3, -0.25) is 4.79 Å². The summed E-state index contributed by atoms with van der Waals surface area (Å²) in [5.74, 6) is -1.55. The molecule has 0 saturated carbocycles. The zero-order valence-electron chi connectivity index (χ0n) is 8.74. The predicted molar refractivity (Wildman–Crippen MR) is 66.3 cm³/mol. The fraction of sp³-hybridized carbons (Fsp3) is 0.100. The summed E-state index contributed by atoms with van der Waals surface area (Å²) in [6.45, 7) is 0. The Morgan fingerprint density at radius 2 is 2.11 bits per heavy atom. The third kappa shape index (κ3) is 2.12. The van der Waals surface area contributed by atoms with Crippen LogP contribution in [0.15, 0.2) is 12.1 Å². The van der Waals surface area contributed by atoms with Crippen molar-refractivity contribution in [2.45, 2.75) is 6.42 Å². The molecule has 0 fully saturated rings. The quantitative estimate of drug-likeness (QED) is 0.670. The molecule has 2 rings (SSSR count). The molecule has 0 radical (unpaired) electrons. The number of H-pyrrole nitrogens is 1. The van der Waals surface area contributed by atoms with Crippen LogP contribution in [0.25, 0.3) is 10.9 Å². The molecule has 1 aromatic carbocycles. The lowest BCUT2D eigenvalue weighted by Gasteiger charge is -1.98. The first-order chi connectivity index (χ1) is 8.40. The average molecular weight is 289 g/mol. The molecule has 0 spiro atoms. The molecular formula is C10H6Cl2N2O4. The monoisotopic (exact) mass is 288 g/mol. The third-order valence-electron chi connectivity index (χ3n) is 2.41. The van der Waals surface area contributed by atoms with Crippen LogP contribution in [0.2, 0.25) is 10.0 Å². The molecule has 2 aromatic rings. The number of carbonyl (C=O) groups is 1. The minimum atomic E-state index is -1.18. The molecule has 0 atom stereocenters. The maximum atomic E-state index is 10.9. The van der Waals surface area contributed by atoms with E-state index >= 15 is 0 Å². The van der Waals surface area contributed by atoms with Crippen molar-refractivity contribution >= 4 is 45.9 Å². The van der Waals surface area contributed by atoms with Crippen molar-refractivity contribution in [3.63, 3.8) is 0 Å². The lowest BCUT2D eigenvalue weighted by molar-refractivity contribution is -0.389. The molecule has 1 heterocycles. The second kappa shape index (κ2) is 4.47. The summed E-state index contributed by atoms with van der Waals surface area (Å²) in [6.07, 6.45) is -0.488. The number of carboxylic acids is 1. The molecule has 0 aliphatic carbocycles. The van der Waals surface area contributed by atoms with Crippen LogP contribution < -0.4 is 0 Å². The second-order valence-electron chi connectivity index (χ2n) is 3.59. The van der Waals surface area contributed by atoms with Gasteiger partial charge in [0.1, 0.15) is 5.52 Å². The van der Waals surface area contributed by atoms with Gasteiger partial charge >= 0.3 is 11.8 Å². The number of hydrogen-bond acceptors (Lipinski definition) is 3. The normalized spacial score (nSPS) is 10.8. The van der Waals surface area contributed by atoms with Crippen LogP contribution in [-0.4, -0.2) is 21.0 Å². The molecule has 0 amide bonds. The Balaban J connectivity index is 2.80. The maximum absolute atomic E-state index is 10.9. The van der Waals surface area contributed by atoms with Crippen molar-refractivity contribution in [1.82, 2.24) is 4.98 Å². The summed E-state index contributed by atoms with van der Waals surface area (Å²) in [5, 5.41) is 20.5. The highest BCUT2D eigenvalue weighted by Crippen LogP contribution is 2.35. The summed E-state index contributed by atoms with van der Waals surface area (Å²) in [7, 11) is 0. The van der Waals surface area contributed by atoms with E-state index in [1.54, 1.807) is 0 Å². The SMILES string of the molecule is O=C(O)Cc1c([N+](=O)[O-])[nH]c2cc(Cl)cc(Cl)c12.